The van der Waals surface area contributed by atoms with Gasteiger partial charge in [0.1, 0.15) is 16.4 Å². The summed E-state index contributed by atoms with van der Waals surface area (Å²) >= 11 is 0. The lowest BCUT2D eigenvalue weighted by Crippen LogP contribution is -2.27. The van der Waals surface area contributed by atoms with E-state index in [4.69, 9.17) is 19.9 Å². The number of nitrogens with one attached hydrogen (secondary N) is 2. The Hall–Kier alpha value is -5.69. The van der Waals surface area contributed by atoms with E-state index in [9.17, 15) is 21.6 Å². The highest BCUT2D eigenvalue weighted by Crippen LogP contribution is 2.41. The van der Waals surface area contributed by atoms with Gasteiger partial charge in [0.15, 0.2) is 9.84 Å². The number of methoxy groups -OCH3 is 3. The minimum atomic E-state index is -4.67. The Morgan fingerprint density at radius 2 is 1.54 bits per heavy atom. The van der Waals surface area contributed by atoms with E-state index in [2.05, 4.69) is 30.1 Å². The third kappa shape index (κ3) is 7.35. The molecule has 0 bridgehead atoms. The smallest absolute Gasteiger partial charge is 0.374 e. The summed E-state index contributed by atoms with van der Waals surface area (Å²) < 4.78 is 74.4. The monoisotopic (exact) mass is 746 g/mol. The number of esters is 1. The second kappa shape index (κ2) is 14.9. The number of sulfone groups is 1. The maximum absolute atomic E-state index is 14.5. The van der Waals surface area contributed by atoms with Crippen LogP contribution in [0.2, 0.25) is 0 Å². The summed E-state index contributed by atoms with van der Waals surface area (Å²) in [7, 11) is -4.68. The van der Waals surface area contributed by atoms with Crippen molar-refractivity contribution in [2.45, 2.75) is 22.9 Å². The van der Waals surface area contributed by atoms with Gasteiger partial charge in [-0.25, -0.2) is 31.3 Å². The van der Waals surface area contributed by atoms with Crippen molar-refractivity contribution in [1.29, 1.82) is 0 Å². The fourth-order valence-corrected chi connectivity index (χ4v) is 8.73. The van der Waals surface area contributed by atoms with E-state index in [1.807, 2.05) is 12.1 Å². The number of ether oxygens (including phenoxy) is 3. The van der Waals surface area contributed by atoms with Gasteiger partial charge in [0.25, 0.3) is 0 Å². The molecule has 0 atom stereocenters. The van der Waals surface area contributed by atoms with Crippen molar-refractivity contribution in [3.05, 3.63) is 95.8 Å². The lowest BCUT2D eigenvalue weighted by Gasteiger charge is -2.18. The normalized spacial score (nSPS) is 11.8. The van der Waals surface area contributed by atoms with E-state index in [0.29, 0.717) is 28.1 Å². The molecule has 270 valence electrons. The van der Waals surface area contributed by atoms with Crippen LogP contribution < -0.4 is 19.9 Å². The van der Waals surface area contributed by atoms with Gasteiger partial charge >= 0.3 is 5.97 Å². The number of rotatable bonds is 14. The first kappa shape index (κ1) is 36.1. The molecule has 0 aliphatic rings. The number of aromatic amines is 1. The minimum Gasteiger partial charge on any atom is -0.497 e. The molecule has 0 spiro atoms. The predicted molar refractivity (Wildman–Crippen MR) is 190 cm³/mol. The Morgan fingerprint density at radius 3 is 2.17 bits per heavy atom. The van der Waals surface area contributed by atoms with Gasteiger partial charge < -0.3 is 24.9 Å². The molecule has 4 aromatic carbocycles. The van der Waals surface area contributed by atoms with Crippen LogP contribution in [0.3, 0.4) is 0 Å². The maximum Gasteiger partial charge on any atom is 0.374 e. The number of carbonyl (C=O) groups excluding carboxylic acids is 1. The number of fused-ring (bicyclic) bond motifs is 1. The van der Waals surface area contributed by atoms with E-state index in [0.717, 1.165) is 5.56 Å². The molecule has 6 aromatic rings. The van der Waals surface area contributed by atoms with Crippen LogP contribution in [-0.4, -0.2) is 86.6 Å². The number of hydrogen-bond acceptors (Lipinski definition) is 13. The van der Waals surface area contributed by atoms with E-state index >= 15 is 0 Å². The van der Waals surface area contributed by atoms with Crippen LogP contribution in [0.4, 0.5) is 0 Å². The highest BCUT2D eigenvalue weighted by Gasteiger charge is 2.34. The Labute approximate surface area is 298 Å². The molecule has 0 radical (unpaired) electrons. The standard InChI is InChI=1S/C34H34N8O8S2/c1-48-23-11-7-21(8-12-23)19-36-52(46,47)31-28(51(44,45)18-17-35)16-15-25(26-5-4-6-27-30(26)38-33(37-27)34(43)50-3)29(31)32-39-41-42(40-32)20-22-9-13-24(49-2)14-10-22/h4-16,36H,17-20,35H2,1-3H3,(H,37,38). The number of carbonyl (C=O) groups is 1. The van der Waals surface area contributed by atoms with Gasteiger partial charge in [-0.15, -0.1) is 10.2 Å². The second-order valence-electron chi connectivity index (χ2n) is 11.4. The van der Waals surface area contributed by atoms with Gasteiger partial charge in [0.2, 0.25) is 21.7 Å². The molecular formula is C34H34N8O8S2. The Bertz CT molecular complexity index is 2460. The molecule has 0 aliphatic carbocycles. The molecule has 18 heteroatoms. The number of sulfonamides is 1. The number of imidazole rings is 1. The van der Waals surface area contributed by atoms with Crippen LogP contribution in [0.25, 0.3) is 33.5 Å². The molecule has 16 nitrogen and oxygen atoms in total. The molecule has 6 rings (SSSR count). The zero-order valence-electron chi connectivity index (χ0n) is 28.2. The molecule has 2 heterocycles. The van der Waals surface area contributed by atoms with Gasteiger partial charge in [-0.3, -0.25) is 0 Å². The van der Waals surface area contributed by atoms with Crippen LogP contribution in [0, 0.1) is 0 Å². The zero-order chi connectivity index (χ0) is 37.0. The molecule has 0 fully saturated rings. The molecule has 0 saturated heterocycles. The molecule has 2 aromatic heterocycles. The van der Waals surface area contributed by atoms with Crippen molar-refractivity contribution in [2.75, 3.05) is 33.6 Å². The second-order valence-corrected chi connectivity index (χ2v) is 15.1. The van der Waals surface area contributed by atoms with Crippen molar-refractivity contribution in [3.63, 3.8) is 0 Å². The Morgan fingerprint density at radius 1 is 0.865 bits per heavy atom. The largest absolute Gasteiger partial charge is 0.497 e. The third-order valence-corrected chi connectivity index (χ3v) is 11.5. The summed E-state index contributed by atoms with van der Waals surface area (Å²) in [4.78, 5) is 19.9. The summed E-state index contributed by atoms with van der Waals surface area (Å²) in [5.74, 6) is -0.314. The number of aromatic nitrogens is 6. The van der Waals surface area contributed by atoms with Crippen molar-refractivity contribution in [1.82, 2.24) is 34.9 Å². The Balaban J connectivity index is 1.59. The van der Waals surface area contributed by atoms with E-state index in [-0.39, 0.29) is 47.9 Å². The number of H-pyrrole nitrogens is 1. The number of para-hydroxylation sites is 1. The first-order valence-corrected chi connectivity index (χ1v) is 18.8. The fourth-order valence-electron chi connectivity index (χ4n) is 5.53. The number of nitrogens with two attached hydrogens (primary N) is 1. The van der Waals surface area contributed by atoms with Crippen LogP contribution in [-0.2, 0) is 37.7 Å². The number of tetrazole rings is 1. The topological polar surface area (TPSA) is 223 Å². The molecule has 0 saturated carbocycles. The first-order valence-electron chi connectivity index (χ1n) is 15.7. The number of benzene rings is 4. The predicted octanol–water partition coefficient (Wildman–Crippen LogP) is 2.95. The van der Waals surface area contributed by atoms with Crippen LogP contribution >= 0.6 is 0 Å². The zero-order valence-corrected chi connectivity index (χ0v) is 29.9. The van der Waals surface area contributed by atoms with Crippen molar-refractivity contribution >= 4 is 36.9 Å². The summed E-state index contributed by atoms with van der Waals surface area (Å²) in [6.45, 7) is -0.314. The summed E-state index contributed by atoms with van der Waals surface area (Å²) in [5, 5.41) is 13.0. The van der Waals surface area contributed by atoms with Crippen molar-refractivity contribution in [3.8, 4) is 34.0 Å². The lowest BCUT2D eigenvalue weighted by molar-refractivity contribution is 0.0588. The van der Waals surface area contributed by atoms with Gasteiger partial charge in [-0.05, 0) is 58.3 Å². The molecular weight excluding hydrogens is 713 g/mol. The quantitative estimate of drug-likeness (QED) is 0.137. The molecule has 4 N–H and O–H groups in total. The van der Waals surface area contributed by atoms with E-state index in [1.165, 1.54) is 31.1 Å². The average Bonchev–Trinajstić information content (AvgIpc) is 3.81. The minimum absolute atomic E-state index is 0.0915. The van der Waals surface area contributed by atoms with Gasteiger partial charge in [0.05, 0.1) is 55.1 Å². The number of nitrogens with zero attached hydrogens (tertiary/aromatic N) is 5. The molecule has 0 unspecified atom stereocenters. The molecule has 0 amide bonds. The van der Waals surface area contributed by atoms with Gasteiger partial charge in [-0.1, -0.05) is 42.5 Å². The third-order valence-electron chi connectivity index (χ3n) is 8.08. The van der Waals surface area contributed by atoms with Crippen LogP contribution in [0.1, 0.15) is 21.7 Å². The summed E-state index contributed by atoms with van der Waals surface area (Å²) in [5.41, 5.74) is 8.15. The SMILES string of the molecule is COC(=O)c1nc2c(-c3ccc(S(=O)(=O)CCN)c(S(=O)(=O)NCc4ccc(OC)cc4)c3-c3nnn(Cc4ccc(OC)cc4)n3)cccc2[nH]1. The summed E-state index contributed by atoms with van der Waals surface area (Å²) in [6.07, 6.45) is 0. The molecule has 0 aliphatic heterocycles. The Kier molecular flexibility index (Phi) is 10.3. The van der Waals surface area contributed by atoms with Crippen LogP contribution in [0.15, 0.2) is 88.7 Å². The van der Waals surface area contributed by atoms with E-state index in [1.54, 1.807) is 61.7 Å². The highest BCUT2D eigenvalue weighted by atomic mass is 32.2. The fraction of sp³-hybridized carbons (Fsp3) is 0.206. The number of hydrogen-bond donors (Lipinski definition) is 3. The van der Waals surface area contributed by atoms with Crippen molar-refractivity contribution in [2.24, 2.45) is 5.73 Å². The van der Waals surface area contributed by atoms with Crippen LogP contribution in [0.5, 0.6) is 11.5 Å². The average molecular weight is 747 g/mol. The molecule has 52 heavy (non-hydrogen) atoms. The van der Waals surface area contributed by atoms with Gasteiger partial charge in [0, 0.05) is 18.7 Å². The highest BCUT2D eigenvalue weighted by molar-refractivity contribution is 7.93. The van der Waals surface area contributed by atoms with Crippen molar-refractivity contribution < 1.29 is 35.8 Å². The summed E-state index contributed by atoms with van der Waals surface area (Å²) in [6, 6.07) is 21.5. The first-order chi connectivity index (χ1) is 25.0. The lowest BCUT2D eigenvalue weighted by atomic mass is 9.98. The van der Waals surface area contributed by atoms with Gasteiger partial charge in [-0.2, -0.15) is 4.80 Å². The maximum atomic E-state index is 14.5. The van der Waals surface area contributed by atoms with E-state index < -0.39 is 41.4 Å².